The first-order chi connectivity index (χ1) is 7.26. The molecule has 0 amide bonds. The molecule has 0 bridgehead atoms. The lowest BCUT2D eigenvalue weighted by atomic mass is 10.3. The summed E-state index contributed by atoms with van der Waals surface area (Å²) in [7, 11) is 3.53. The van der Waals surface area contributed by atoms with E-state index in [1.807, 2.05) is 7.05 Å². The van der Waals surface area contributed by atoms with Crippen molar-refractivity contribution in [3.05, 3.63) is 16.0 Å². The van der Waals surface area contributed by atoms with Gasteiger partial charge in [0.05, 0.1) is 16.8 Å². The maximum Gasteiger partial charge on any atom is 0.144 e. The molecule has 0 atom stereocenters. The first-order valence-electron chi connectivity index (χ1n) is 4.99. The Bertz CT molecular complexity index is 366. The van der Waals surface area contributed by atoms with Crippen LogP contribution in [0.4, 0.5) is 5.82 Å². The molecule has 0 aromatic carbocycles. The highest BCUT2D eigenvalue weighted by Crippen LogP contribution is 2.39. The molecule has 5 heteroatoms. The monoisotopic (exact) mass is 271 g/mol. The van der Waals surface area contributed by atoms with Crippen LogP contribution in [0.2, 0.25) is 0 Å². The Balaban J connectivity index is 2.37. The zero-order valence-electron chi connectivity index (χ0n) is 8.88. The van der Waals surface area contributed by atoms with E-state index < -0.39 is 0 Å². The van der Waals surface area contributed by atoms with E-state index in [-0.39, 0.29) is 0 Å². The number of ether oxygens (including phenoxy) is 1. The van der Waals surface area contributed by atoms with Crippen LogP contribution in [0.25, 0.3) is 0 Å². The van der Waals surface area contributed by atoms with Crippen LogP contribution in [-0.4, -0.2) is 24.1 Å². The first-order valence-corrected chi connectivity index (χ1v) is 5.78. The molecule has 0 unspecified atom stereocenters. The van der Waals surface area contributed by atoms with Gasteiger partial charge in [-0.1, -0.05) is 0 Å². The smallest absolute Gasteiger partial charge is 0.144 e. The molecule has 0 aliphatic heterocycles. The fraction of sp³-hybridized carbons (Fsp3) is 0.600. The molecule has 1 aromatic rings. The van der Waals surface area contributed by atoms with Crippen molar-refractivity contribution in [2.75, 3.05) is 19.5 Å². The van der Waals surface area contributed by atoms with Crippen LogP contribution in [0.15, 0.2) is 4.47 Å². The minimum Gasteiger partial charge on any atom is -0.378 e. The third kappa shape index (κ3) is 2.29. The summed E-state index contributed by atoms with van der Waals surface area (Å²) in [6.07, 6.45) is 2.41. The third-order valence-electron chi connectivity index (χ3n) is 2.40. The zero-order valence-corrected chi connectivity index (χ0v) is 10.5. The van der Waals surface area contributed by atoms with E-state index in [4.69, 9.17) is 4.74 Å². The molecule has 1 aliphatic carbocycles. The lowest BCUT2D eigenvalue weighted by Crippen LogP contribution is -2.05. The van der Waals surface area contributed by atoms with Crippen LogP contribution >= 0.6 is 15.9 Å². The molecule has 0 saturated heterocycles. The maximum absolute atomic E-state index is 5.12. The molecule has 1 aromatic heterocycles. The quantitative estimate of drug-likeness (QED) is 0.913. The van der Waals surface area contributed by atoms with Crippen LogP contribution in [0.5, 0.6) is 0 Å². The molecule has 1 saturated carbocycles. The Hall–Kier alpha value is -0.680. The second kappa shape index (κ2) is 4.45. The van der Waals surface area contributed by atoms with E-state index in [1.165, 1.54) is 12.8 Å². The summed E-state index contributed by atoms with van der Waals surface area (Å²) in [6.45, 7) is 0.511. The predicted molar refractivity (Wildman–Crippen MR) is 62.0 cm³/mol. The normalized spacial score (nSPS) is 15.4. The maximum atomic E-state index is 5.12. The lowest BCUT2D eigenvalue weighted by molar-refractivity contribution is 0.180. The van der Waals surface area contributed by atoms with Crippen LogP contribution in [-0.2, 0) is 11.3 Å². The summed E-state index contributed by atoms with van der Waals surface area (Å²) < 4.78 is 6.01. The summed E-state index contributed by atoms with van der Waals surface area (Å²) in [4.78, 5) is 8.98. The van der Waals surface area contributed by atoms with Crippen molar-refractivity contribution in [1.29, 1.82) is 0 Å². The van der Waals surface area contributed by atoms with Gasteiger partial charge in [-0.15, -0.1) is 0 Å². The number of hydrogen-bond donors (Lipinski definition) is 1. The highest BCUT2D eigenvalue weighted by Gasteiger charge is 2.28. The van der Waals surface area contributed by atoms with Gasteiger partial charge in [0, 0.05) is 20.1 Å². The number of methoxy groups -OCH3 is 1. The molecule has 15 heavy (non-hydrogen) atoms. The van der Waals surface area contributed by atoms with Crippen molar-refractivity contribution >= 4 is 21.7 Å². The Kier molecular flexibility index (Phi) is 3.21. The fourth-order valence-corrected chi connectivity index (χ4v) is 1.92. The fourth-order valence-electron chi connectivity index (χ4n) is 1.43. The Morgan fingerprint density at radius 3 is 2.73 bits per heavy atom. The number of rotatable bonds is 4. The molecule has 1 fully saturated rings. The molecule has 82 valence electrons. The number of nitrogens with one attached hydrogen (secondary N) is 1. The standard InChI is InChI=1S/C10H14BrN3O/c1-12-10-8(11)7(5-15-2)13-9(14-10)6-3-4-6/h6H,3-5H2,1-2H3,(H,12,13,14). The van der Waals surface area contributed by atoms with Gasteiger partial charge in [0.15, 0.2) is 0 Å². The summed E-state index contributed by atoms with van der Waals surface area (Å²) in [5.74, 6) is 2.34. The Labute approximate surface area is 97.6 Å². The van der Waals surface area contributed by atoms with Crippen molar-refractivity contribution in [3.8, 4) is 0 Å². The third-order valence-corrected chi connectivity index (χ3v) is 3.23. The molecule has 1 N–H and O–H groups in total. The number of halogens is 1. The largest absolute Gasteiger partial charge is 0.378 e. The highest BCUT2D eigenvalue weighted by molar-refractivity contribution is 9.10. The molecule has 1 heterocycles. The minimum atomic E-state index is 0.511. The Morgan fingerprint density at radius 1 is 1.47 bits per heavy atom. The van der Waals surface area contributed by atoms with Crippen LogP contribution in [0, 0.1) is 0 Å². The molecular weight excluding hydrogens is 258 g/mol. The zero-order chi connectivity index (χ0) is 10.8. The average molecular weight is 272 g/mol. The number of anilines is 1. The van der Waals surface area contributed by atoms with E-state index >= 15 is 0 Å². The number of aromatic nitrogens is 2. The van der Waals surface area contributed by atoms with Gasteiger partial charge in [-0.25, -0.2) is 9.97 Å². The van der Waals surface area contributed by atoms with Gasteiger partial charge in [-0.05, 0) is 28.8 Å². The molecule has 0 spiro atoms. The van der Waals surface area contributed by atoms with Crippen molar-refractivity contribution in [2.24, 2.45) is 0 Å². The molecular formula is C10H14BrN3O. The minimum absolute atomic E-state index is 0.511. The van der Waals surface area contributed by atoms with Gasteiger partial charge in [0.25, 0.3) is 0 Å². The van der Waals surface area contributed by atoms with Crippen molar-refractivity contribution in [1.82, 2.24) is 9.97 Å². The van der Waals surface area contributed by atoms with Crippen LogP contribution in [0.1, 0.15) is 30.3 Å². The SMILES string of the molecule is CNc1nc(C2CC2)nc(COC)c1Br. The highest BCUT2D eigenvalue weighted by atomic mass is 79.9. The van der Waals surface area contributed by atoms with Gasteiger partial charge in [-0.3, -0.25) is 0 Å². The summed E-state index contributed by atoms with van der Waals surface area (Å²) in [6, 6.07) is 0. The molecule has 4 nitrogen and oxygen atoms in total. The van der Waals surface area contributed by atoms with Crippen molar-refractivity contribution in [3.63, 3.8) is 0 Å². The van der Waals surface area contributed by atoms with Crippen molar-refractivity contribution in [2.45, 2.75) is 25.4 Å². The number of nitrogens with zero attached hydrogens (tertiary/aromatic N) is 2. The second-order valence-corrected chi connectivity index (χ2v) is 4.44. The van der Waals surface area contributed by atoms with Gasteiger partial charge in [0.2, 0.25) is 0 Å². The van der Waals surface area contributed by atoms with E-state index in [2.05, 4.69) is 31.2 Å². The van der Waals surface area contributed by atoms with Gasteiger partial charge in [-0.2, -0.15) is 0 Å². The molecule has 0 radical (unpaired) electrons. The van der Waals surface area contributed by atoms with Crippen LogP contribution < -0.4 is 5.32 Å². The second-order valence-electron chi connectivity index (χ2n) is 3.65. The van der Waals surface area contributed by atoms with Crippen LogP contribution in [0.3, 0.4) is 0 Å². The summed E-state index contributed by atoms with van der Waals surface area (Å²) >= 11 is 3.48. The summed E-state index contributed by atoms with van der Waals surface area (Å²) in [5, 5.41) is 3.06. The van der Waals surface area contributed by atoms with Gasteiger partial charge in [0.1, 0.15) is 11.6 Å². The van der Waals surface area contributed by atoms with E-state index in [0.717, 1.165) is 21.8 Å². The van der Waals surface area contributed by atoms with E-state index in [0.29, 0.717) is 12.5 Å². The average Bonchev–Trinajstić information content (AvgIpc) is 3.05. The molecule has 1 aliphatic rings. The van der Waals surface area contributed by atoms with E-state index in [1.54, 1.807) is 7.11 Å². The lowest BCUT2D eigenvalue weighted by Gasteiger charge is -2.09. The first kappa shape index (κ1) is 10.8. The topological polar surface area (TPSA) is 47.0 Å². The number of hydrogen-bond acceptors (Lipinski definition) is 4. The van der Waals surface area contributed by atoms with Crippen molar-refractivity contribution < 1.29 is 4.74 Å². The van der Waals surface area contributed by atoms with E-state index in [9.17, 15) is 0 Å². The van der Waals surface area contributed by atoms with Gasteiger partial charge >= 0.3 is 0 Å². The molecule has 2 rings (SSSR count). The Morgan fingerprint density at radius 2 is 2.20 bits per heavy atom. The predicted octanol–water partition coefficient (Wildman–Crippen LogP) is 2.30. The summed E-state index contributed by atoms with van der Waals surface area (Å²) in [5.41, 5.74) is 0.916. The van der Waals surface area contributed by atoms with Gasteiger partial charge < -0.3 is 10.1 Å².